The second kappa shape index (κ2) is 6.01. The predicted molar refractivity (Wildman–Crippen MR) is 71.4 cm³/mol. The third kappa shape index (κ3) is 3.33. The van der Waals surface area contributed by atoms with Crippen molar-refractivity contribution in [2.24, 2.45) is 5.92 Å². The Morgan fingerprint density at radius 1 is 1.39 bits per heavy atom. The van der Waals surface area contributed by atoms with E-state index >= 15 is 0 Å². The minimum atomic E-state index is -0.252. The molecule has 1 aromatic rings. The zero-order valence-corrected chi connectivity index (χ0v) is 11.1. The molecule has 3 heteroatoms. The third-order valence-corrected chi connectivity index (χ3v) is 3.60. The molecule has 1 saturated carbocycles. The largest absolute Gasteiger partial charge is 0.468 e. The lowest BCUT2D eigenvalue weighted by Gasteiger charge is -2.23. The van der Waals surface area contributed by atoms with E-state index in [4.69, 9.17) is 4.74 Å². The molecule has 1 aromatic carbocycles. The highest BCUT2D eigenvalue weighted by Gasteiger charge is 2.29. The van der Waals surface area contributed by atoms with Gasteiger partial charge >= 0.3 is 5.97 Å². The summed E-state index contributed by atoms with van der Waals surface area (Å²) in [6, 6.07) is 9.85. The topological polar surface area (TPSA) is 38.3 Å². The Bertz CT molecular complexity index is 387. The molecule has 0 radical (unpaired) electrons. The molecule has 0 bridgehead atoms. The van der Waals surface area contributed by atoms with Crippen LogP contribution < -0.4 is 5.32 Å². The molecule has 1 fully saturated rings. The Hall–Kier alpha value is -1.35. The summed E-state index contributed by atoms with van der Waals surface area (Å²) in [6.45, 7) is 2.98. The van der Waals surface area contributed by atoms with Crippen LogP contribution in [0.3, 0.4) is 0 Å². The first-order valence-corrected chi connectivity index (χ1v) is 6.58. The fraction of sp³-hybridized carbons (Fsp3) is 0.533. The molecule has 98 valence electrons. The summed E-state index contributed by atoms with van der Waals surface area (Å²) in [6.07, 6.45) is 2.56. The van der Waals surface area contributed by atoms with Crippen LogP contribution in [-0.4, -0.2) is 25.7 Å². The number of hydrogen-bond acceptors (Lipinski definition) is 3. The summed E-state index contributed by atoms with van der Waals surface area (Å²) in [5.74, 6) is 0.699. The SMILES string of the molecule is COC(=O)C(NCC1CC1)C(C)c1ccccc1. The van der Waals surface area contributed by atoms with E-state index in [9.17, 15) is 4.79 Å². The van der Waals surface area contributed by atoms with E-state index in [1.54, 1.807) is 0 Å². The molecule has 18 heavy (non-hydrogen) atoms. The zero-order valence-electron chi connectivity index (χ0n) is 11.1. The monoisotopic (exact) mass is 247 g/mol. The van der Waals surface area contributed by atoms with Gasteiger partial charge in [-0.1, -0.05) is 37.3 Å². The summed E-state index contributed by atoms with van der Waals surface area (Å²) in [4.78, 5) is 11.9. The highest BCUT2D eigenvalue weighted by molar-refractivity contribution is 5.77. The van der Waals surface area contributed by atoms with Crippen LogP contribution in [0.2, 0.25) is 0 Å². The molecule has 0 saturated heterocycles. The normalized spacial score (nSPS) is 18.1. The number of ether oxygens (including phenoxy) is 1. The standard InChI is InChI=1S/C15H21NO2/c1-11(13-6-4-3-5-7-13)14(15(17)18-2)16-10-12-8-9-12/h3-7,11-12,14,16H,8-10H2,1-2H3. The average molecular weight is 247 g/mol. The molecule has 1 aliphatic carbocycles. The molecule has 0 amide bonds. The number of benzene rings is 1. The van der Waals surface area contributed by atoms with E-state index in [2.05, 4.69) is 24.4 Å². The molecular formula is C15H21NO2. The van der Waals surface area contributed by atoms with Gasteiger partial charge in [-0.15, -0.1) is 0 Å². The second-order valence-electron chi connectivity index (χ2n) is 5.05. The van der Waals surface area contributed by atoms with Gasteiger partial charge in [0, 0.05) is 5.92 Å². The fourth-order valence-corrected chi connectivity index (χ4v) is 2.16. The lowest BCUT2D eigenvalue weighted by atomic mass is 9.93. The van der Waals surface area contributed by atoms with Gasteiger partial charge in [-0.2, -0.15) is 0 Å². The van der Waals surface area contributed by atoms with Crippen LogP contribution in [0.5, 0.6) is 0 Å². The van der Waals surface area contributed by atoms with Crippen LogP contribution in [0.1, 0.15) is 31.2 Å². The molecule has 2 rings (SSSR count). The van der Waals surface area contributed by atoms with Crippen molar-refractivity contribution in [2.45, 2.75) is 31.7 Å². The summed E-state index contributed by atoms with van der Waals surface area (Å²) in [5, 5.41) is 3.36. The van der Waals surface area contributed by atoms with Crippen molar-refractivity contribution in [3.05, 3.63) is 35.9 Å². The second-order valence-corrected chi connectivity index (χ2v) is 5.05. The van der Waals surface area contributed by atoms with Gasteiger partial charge < -0.3 is 10.1 Å². The van der Waals surface area contributed by atoms with E-state index in [0.29, 0.717) is 0 Å². The van der Waals surface area contributed by atoms with Gasteiger partial charge in [0.15, 0.2) is 0 Å². The van der Waals surface area contributed by atoms with E-state index in [0.717, 1.165) is 18.0 Å². The van der Waals surface area contributed by atoms with Crippen molar-refractivity contribution in [3.63, 3.8) is 0 Å². The van der Waals surface area contributed by atoms with Crippen LogP contribution in [0, 0.1) is 5.92 Å². The summed E-state index contributed by atoms with van der Waals surface area (Å²) in [7, 11) is 1.45. The average Bonchev–Trinajstić information content (AvgIpc) is 3.23. The highest BCUT2D eigenvalue weighted by Crippen LogP contribution is 2.28. The first kappa shape index (κ1) is 13.1. The minimum absolute atomic E-state index is 0.123. The van der Waals surface area contributed by atoms with Gasteiger partial charge in [-0.3, -0.25) is 4.79 Å². The first-order valence-electron chi connectivity index (χ1n) is 6.58. The Morgan fingerprint density at radius 3 is 2.61 bits per heavy atom. The molecule has 2 unspecified atom stereocenters. The van der Waals surface area contributed by atoms with Gasteiger partial charge in [0.2, 0.25) is 0 Å². The Labute approximate surface area is 109 Å². The number of rotatable bonds is 6. The van der Waals surface area contributed by atoms with E-state index in [1.165, 1.54) is 20.0 Å². The highest BCUT2D eigenvalue weighted by atomic mass is 16.5. The molecule has 3 nitrogen and oxygen atoms in total. The molecule has 1 N–H and O–H groups in total. The lowest BCUT2D eigenvalue weighted by molar-refractivity contribution is -0.143. The summed E-state index contributed by atoms with van der Waals surface area (Å²) < 4.78 is 4.91. The number of methoxy groups -OCH3 is 1. The lowest BCUT2D eigenvalue weighted by Crippen LogP contribution is -2.42. The molecule has 2 atom stereocenters. The van der Waals surface area contributed by atoms with Crippen molar-refractivity contribution in [1.82, 2.24) is 5.32 Å². The van der Waals surface area contributed by atoms with E-state index in [-0.39, 0.29) is 17.9 Å². The van der Waals surface area contributed by atoms with Gasteiger partial charge in [-0.25, -0.2) is 0 Å². The van der Waals surface area contributed by atoms with E-state index in [1.807, 2.05) is 18.2 Å². The van der Waals surface area contributed by atoms with Gasteiger partial charge in [0.05, 0.1) is 7.11 Å². The van der Waals surface area contributed by atoms with Crippen LogP contribution in [0.15, 0.2) is 30.3 Å². The van der Waals surface area contributed by atoms with Gasteiger partial charge in [-0.05, 0) is 30.9 Å². The Kier molecular flexibility index (Phi) is 4.37. The maximum absolute atomic E-state index is 11.9. The maximum Gasteiger partial charge on any atom is 0.323 e. The summed E-state index contributed by atoms with van der Waals surface area (Å²) >= 11 is 0. The van der Waals surface area contributed by atoms with Gasteiger partial charge in [0.1, 0.15) is 6.04 Å². The number of carbonyl (C=O) groups excluding carboxylic acids is 1. The number of esters is 1. The van der Waals surface area contributed by atoms with Crippen molar-refractivity contribution in [1.29, 1.82) is 0 Å². The number of carbonyl (C=O) groups is 1. The Morgan fingerprint density at radius 2 is 2.06 bits per heavy atom. The molecule has 1 aliphatic rings. The van der Waals surface area contributed by atoms with Gasteiger partial charge in [0.25, 0.3) is 0 Å². The van der Waals surface area contributed by atoms with Crippen molar-refractivity contribution in [2.75, 3.05) is 13.7 Å². The van der Waals surface area contributed by atoms with Crippen molar-refractivity contribution < 1.29 is 9.53 Å². The number of hydrogen-bond donors (Lipinski definition) is 1. The molecular weight excluding hydrogens is 226 g/mol. The van der Waals surface area contributed by atoms with Crippen molar-refractivity contribution >= 4 is 5.97 Å². The Balaban J connectivity index is 2.03. The molecule has 0 heterocycles. The molecule has 0 aliphatic heterocycles. The molecule has 0 aromatic heterocycles. The summed E-state index contributed by atoms with van der Waals surface area (Å²) in [5.41, 5.74) is 1.16. The van der Waals surface area contributed by atoms with Crippen LogP contribution in [-0.2, 0) is 9.53 Å². The van der Waals surface area contributed by atoms with Crippen molar-refractivity contribution in [3.8, 4) is 0 Å². The molecule has 0 spiro atoms. The maximum atomic E-state index is 11.9. The first-order chi connectivity index (χ1) is 8.72. The van der Waals surface area contributed by atoms with Crippen LogP contribution >= 0.6 is 0 Å². The minimum Gasteiger partial charge on any atom is -0.468 e. The fourth-order valence-electron chi connectivity index (χ4n) is 2.16. The van der Waals surface area contributed by atoms with E-state index < -0.39 is 0 Å². The predicted octanol–water partition coefficient (Wildman–Crippen LogP) is 2.33. The quantitative estimate of drug-likeness (QED) is 0.784. The van der Waals surface area contributed by atoms with Crippen LogP contribution in [0.25, 0.3) is 0 Å². The zero-order chi connectivity index (χ0) is 13.0. The third-order valence-electron chi connectivity index (χ3n) is 3.60. The number of nitrogens with one attached hydrogen (secondary N) is 1. The van der Waals surface area contributed by atoms with Crippen LogP contribution in [0.4, 0.5) is 0 Å². The smallest absolute Gasteiger partial charge is 0.323 e.